The van der Waals surface area contributed by atoms with Crippen molar-refractivity contribution in [2.75, 3.05) is 19.5 Å². The van der Waals surface area contributed by atoms with Crippen molar-refractivity contribution >= 4 is 10.0 Å². The largest absolute Gasteiger partial charge is 0.497 e. The van der Waals surface area contributed by atoms with Crippen LogP contribution in [0.3, 0.4) is 0 Å². The van der Waals surface area contributed by atoms with Crippen LogP contribution in [0.5, 0.6) is 11.5 Å². The van der Waals surface area contributed by atoms with Gasteiger partial charge in [-0.05, 0) is 37.1 Å². The average molecular weight is 271 g/mol. The molecule has 1 aromatic carbocycles. The summed E-state index contributed by atoms with van der Waals surface area (Å²) in [7, 11) is -1.60. The highest BCUT2D eigenvalue weighted by molar-refractivity contribution is 7.89. The van der Waals surface area contributed by atoms with Crippen LogP contribution in [0.4, 0.5) is 0 Å². The highest BCUT2D eigenvalue weighted by Gasteiger charge is 2.23. The number of nitrogens with one attached hydrogen (secondary N) is 1. The van der Waals surface area contributed by atoms with Crippen LogP contribution in [-0.4, -0.2) is 33.9 Å². The van der Waals surface area contributed by atoms with E-state index in [0.717, 1.165) is 17.1 Å². The number of hydrogen-bond acceptors (Lipinski definition) is 4. The summed E-state index contributed by atoms with van der Waals surface area (Å²) >= 11 is 0. The van der Waals surface area contributed by atoms with E-state index < -0.39 is 10.0 Å². The van der Waals surface area contributed by atoms with Gasteiger partial charge in [0, 0.05) is 0 Å². The van der Waals surface area contributed by atoms with E-state index in [9.17, 15) is 8.42 Å². The Balaban J connectivity index is 2.14. The standard InChI is InChI=1S/C12H17NO4S/c1-3-18(14,15)13-10-6-9-7-11(16-2)4-5-12(9)17-8-10/h4-5,7,10,13H,3,6,8H2,1-2H3/t10-/m1/s1. The van der Waals surface area contributed by atoms with Crippen molar-refractivity contribution in [3.05, 3.63) is 23.8 Å². The van der Waals surface area contributed by atoms with Gasteiger partial charge in [-0.3, -0.25) is 0 Å². The molecule has 1 N–H and O–H groups in total. The summed E-state index contributed by atoms with van der Waals surface area (Å²) < 4.78 is 36.3. The Kier molecular flexibility index (Phi) is 3.77. The van der Waals surface area contributed by atoms with Gasteiger partial charge in [-0.1, -0.05) is 0 Å². The first-order chi connectivity index (χ1) is 8.54. The first-order valence-corrected chi connectivity index (χ1v) is 7.49. The van der Waals surface area contributed by atoms with Crippen LogP contribution in [-0.2, 0) is 16.4 Å². The van der Waals surface area contributed by atoms with Gasteiger partial charge >= 0.3 is 0 Å². The molecule has 100 valence electrons. The van der Waals surface area contributed by atoms with Crippen LogP contribution < -0.4 is 14.2 Å². The van der Waals surface area contributed by atoms with Crippen LogP contribution in [0.25, 0.3) is 0 Å². The fourth-order valence-electron chi connectivity index (χ4n) is 1.91. The summed E-state index contributed by atoms with van der Waals surface area (Å²) in [5.41, 5.74) is 0.962. The first-order valence-electron chi connectivity index (χ1n) is 5.84. The quantitative estimate of drug-likeness (QED) is 0.885. The molecule has 1 heterocycles. The van der Waals surface area contributed by atoms with Crippen LogP contribution >= 0.6 is 0 Å². The SMILES string of the molecule is CCS(=O)(=O)N[C@H]1COc2ccc(OC)cc2C1. The van der Waals surface area contributed by atoms with E-state index in [0.29, 0.717) is 13.0 Å². The maximum Gasteiger partial charge on any atom is 0.211 e. The second-order valence-electron chi connectivity index (χ2n) is 4.21. The highest BCUT2D eigenvalue weighted by atomic mass is 32.2. The Morgan fingerprint density at radius 1 is 1.50 bits per heavy atom. The predicted octanol–water partition coefficient (Wildman–Crippen LogP) is 0.938. The molecule has 1 aromatic rings. The summed E-state index contributed by atoms with van der Waals surface area (Å²) in [4.78, 5) is 0. The lowest BCUT2D eigenvalue weighted by Crippen LogP contribution is -2.43. The second-order valence-corrected chi connectivity index (χ2v) is 6.25. The van der Waals surface area contributed by atoms with Crippen molar-refractivity contribution in [2.24, 2.45) is 0 Å². The Morgan fingerprint density at radius 2 is 2.28 bits per heavy atom. The van der Waals surface area contributed by atoms with Crippen LogP contribution in [0.2, 0.25) is 0 Å². The molecule has 0 aromatic heterocycles. The minimum Gasteiger partial charge on any atom is -0.497 e. The van der Waals surface area contributed by atoms with E-state index in [2.05, 4.69) is 4.72 Å². The van der Waals surface area contributed by atoms with Crippen molar-refractivity contribution in [2.45, 2.75) is 19.4 Å². The first kappa shape index (κ1) is 13.2. The second kappa shape index (κ2) is 5.16. The number of rotatable bonds is 4. The third kappa shape index (κ3) is 2.94. The zero-order valence-electron chi connectivity index (χ0n) is 10.5. The lowest BCUT2D eigenvalue weighted by atomic mass is 10.0. The number of sulfonamides is 1. The van der Waals surface area contributed by atoms with E-state index >= 15 is 0 Å². The number of fused-ring (bicyclic) bond motifs is 1. The van der Waals surface area contributed by atoms with Crippen LogP contribution in [0.15, 0.2) is 18.2 Å². The van der Waals surface area contributed by atoms with Gasteiger partial charge in [-0.25, -0.2) is 13.1 Å². The highest BCUT2D eigenvalue weighted by Crippen LogP contribution is 2.28. The number of benzene rings is 1. The Hall–Kier alpha value is -1.27. The van der Waals surface area contributed by atoms with Gasteiger partial charge in [0.25, 0.3) is 0 Å². The molecular weight excluding hydrogens is 254 g/mol. The van der Waals surface area contributed by atoms with Gasteiger partial charge in [0.1, 0.15) is 18.1 Å². The smallest absolute Gasteiger partial charge is 0.211 e. The van der Waals surface area contributed by atoms with E-state index in [-0.39, 0.29) is 11.8 Å². The Morgan fingerprint density at radius 3 is 2.94 bits per heavy atom. The topological polar surface area (TPSA) is 64.6 Å². The molecule has 0 bridgehead atoms. The molecule has 18 heavy (non-hydrogen) atoms. The number of hydrogen-bond donors (Lipinski definition) is 1. The maximum absolute atomic E-state index is 11.5. The Labute approximate surface area is 107 Å². The molecule has 5 nitrogen and oxygen atoms in total. The minimum absolute atomic E-state index is 0.0778. The fourth-order valence-corrected chi connectivity index (χ4v) is 2.74. The number of methoxy groups -OCH3 is 1. The lowest BCUT2D eigenvalue weighted by Gasteiger charge is -2.26. The molecule has 1 aliphatic rings. The summed E-state index contributed by atoms with van der Waals surface area (Å²) in [6.07, 6.45) is 0.617. The van der Waals surface area contributed by atoms with Crippen molar-refractivity contribution in [3.8, 4) is 11.5 Å². The molecular formula is C12H17NO4S. The predicted molar refractivity (Wildman–Crippen MR) is 68.6 cm³/mol. The van der Waals surface area contributed by atoms with Gasteiger partial charge < -0.3 is 9.47 Å². The fraction of sp³-hybridized carbons (Fsp3) is 0.500. The van der Waals surface area contributed by atoms with E-state index in [1.54, 1.807) is 14.0 Å². The molecule has 0 spiro atoms. The summed E-state index contributed by atoms with van der Waals surface area (Å²) in [6.45, 7) is 1.97. The molecule has 6 heteroatoms. The maximum atomic E-state index is 11.5. The van der Waals surface area contributed by atoms with Gasteiger partial charge in [0.15, 0.2) is 0 Å². The zero-order valence-corrected chi connectivity index (χ0v) is 11.3. The molecule has 1 atom stereocenters. The summed E-state index contributed by atoms with van der Waals surface area (Å²) in [5.74, 6) is 1.62. The molecule has 0 unspecified atom stereocenters. The van der Waals surface area contributed by atoms with E-state index in [4.69, 9.17) is 9.47 Å². The third-order valence-electron chi connectivity index (χ3n) is 2.90. The van der Waals surface area contributed by atoms with Gasteiger partial charge in [-0.2, -0.15) is 0 Å². The molecule has 0 fully saturated rings. The molecule has 0 aliphatic carbocycles. The van der Waals surface area contributed by atoms with Crippen molar-refractivity contribution in [1.29, 1.82) is 0 Å². The van der Waals surface area contributed by atoms with E-state index in [1.807, 2.05) is 18.2 Å². The van der Waals surface area contributed by atoms with Crippen LogP contribution in [0.1, 0.15) is 12.5 Å². The monoisotopic (exact) mass is 271 g/mol. The molecule has 0 saturated carbocycles. The molecule has 0 saturated heterocycles. The van der Waals surface area contributed by atoms with Crippen LogP contribution in [0, 0.1) is 0 Å². The number of ether oxygens (including phenoxy) is 2. The Bertz CT molecular complexity index is 527. The minimum atomic E-state index is -3.20. The lowest BCUT2D eigenvalue weighted by molar-refractivity contribution is 0.253. The molecule has 0 amide bonds. The third-order valence-corrected chi connectivity index (χ3v) is 4.35. The van der Waals surface area contributed by atoms with Crippen molar-refractivity contribution in [3.63, 3.8) is 0 Å². The zero-order chi connectivity index (χ0) is 13.2. The molecule has 0 radical (unpaired) electrons. The van der Waals surface area contributed by atoms with E-state index in [1.165, 1.54) is 0 Å². The summed E-state index contributed by atoms with van der Waals surface area (Å²) in [6, 6.07) is 5.34. The van der Waals surface area contributed by atoms with Gasteiger partial charge in [0.05, 0.1) is 18.9 Å². The van der Waals surface area contributed by atoms with Gasteiger partial charge in [-0.15, -0.1) is 0 Å². The molecule has 1 aliphatic heterocycles. The average Bonchev–Trinajstić information content (AvgIpc) is 2.37. The summed E-state index contributed by atoms with van der Waals surface area (Å²) in [5, 5.41) is 0. The normalized spacial score (nSPS) is 18.9. The molecule has 2 rings (SSSR count). The van der Waals surface area contributed by atoms with Crippen molar-refractivity contribution in [1.82, 2.24) is 4.72 Å². The van der Waals surface area contributed by atoms with Gasteiger partial charge in [0.2, 0.25) is 10.0 Å². The van der Waals surface area contributed by atoms with Crippen molar-refractivity contribution < 1.29 is 17.9 Å².